The summed E-state index contributed by atoms with van der Waals surface area (Å²) in [6.45, 7) is 0.0931. The number of benzene rings is 1. The van der Waals surface area contributed by atoms with Crippen LogP contribution in [-0.2, 0) is 16.6 Å². The summed E-state index contributed by atoms with van der Waals surface area (Å²) in [7, 11) is -3.82. The predicted molar refractivity (Wildman–Crippen MR) is 75.1 cm³/mol. The van der Waals surface area contributed by atoms with Crippen LogP contribution in [0.5, 0.6) is 0 Å². The van der Waals surface area contributed by atoms with Gasteiger partial charge in [0, 0.05) is 0 Å². The number of hydrogen-bond acceptors (Lipinski definition) is 4. The Hall–Kier alpha value is -2.14. The van der Waals surface area contributed by atoms with E-state index in [1.54, 1.807) is 12.1 Å². The molecule has 0 amide bonds. The highest BCUT2D eigenvalue weighted by Gasteiger charge is 2.16. The first-order valence-corrected chi connectivity index (χ1v) is 7.52. The van der Waals surface area contributed by atoms with Gasteiger partial charge in [-0.05, 0) is 30.3 Å². The molecule has 5 nitrogen and oxygen atoms in total. The van der Waals surface area contributed by atoms with Gasteiger partial charge in [-0.15, -0.1) is 0 Å². The lowest BCUT2D eigenvalue weighted by molar-refractivity contribution is 0.498. The van der Waals surface area contributed by atoms with Crippen molar-refractivity contribution in [3.8, 4) is 11.8 Å². The van der Waals surface area contributed by atoms with Gasteiger partial charge in [0.25, 0.3) is 0 Å². The van der Waals surface area contributed by atoms with E-state index in [0.29, 0.717) is 5.76 Å². The van der Waals surface area contributed by atoms with Gasteiger partial charge in [0.2, 0.25) is 10.0 Å². The molecule has 0 aliphatic heterocycles. The number of rotatable bonds is 4. The van der Waals surface area contributed by atoms with Gasteiger partial charge in [-0.3, -0.25) is 0 Å². The molecular formula is C14H13FN2O3S. The molecule has 21 heavy (non-hydrogen) atoms. The van der Waals surface area contributed by atoms with Crippen LogP contribution in [-0.4, -0.2) is 15.0 Å². The van der Waals surface area contributed by atoms with E-state index in [1.807, 2.05) is 0 Å². The number of nitrogens with two attached hydrogens (primary N) is 1. The fourth-order valence-electron chi connectivity index (χ4n) is 1.57. The molecule has 1 heterocycles. The topological polar surface area (TPSA) is 85.3 Å². The van der Waals surface area contributed by atoms with Crippen LogP contribution in [0.1, 0.15) is 11.3 Å². The molecule has 0 saturated carbocycles. The highest BCUT2D eigenvalue weighted by molar-refractivity contribution is 7.89. The molecule has 0 radical (unpaired) electrons. The Labute approximate surface area is 122 Å². The lowest BCUT2D eigenvalue weighted by Gasteiger charge is -2.06. The third kappa shape index (κ3) is 3.92. The third-order valence-electron chi connectivity index (χ3n) is 2.59. The molecule has 0 aliphatic carbocycles. The monoisotopic (exact) mass is 308 g/mol. The zero-order valence-corrected chi connectivity index (χ0v) is 11.8. The maximum absolute atomic E-state index is 13.8. The van der Waals surface area contributed by atoms with Crippen molar-refractivity contribution in [2.75, 3.05) is 6.54 Å². The first kappa shape index (κ1) is 15.3. The molecule has 0 atom stereocenters. The minimum absolute atomic E-state index is 0.00825. The molecule has 0 fully saturated rings. The van der Waals surface area contributed by atoms with Crippen molar-refractivity contribution >= 4 is 10.0 Å². The average molecular weight is 308 g/mol. The van der Waals surface area contributed by atoms with Gasteiger partial charge in [0.15, 0.2) is 0 Å². The second kappa shape index (κ2) is 6.54. The minimum Gasteiger partial charge on any atom is -0.468 e. The zero-order chi connectivity index (χ0) is 15.3. The second-order valence-electron chi connectivity index (χ2n) is 4.05. The highest BCUT2D eigenvalue weighted by Crippen LogP contribution is 2.14. The van der Waals surface area contributed by atoms with Gasteiger partial charge >= 0.3 is 0 Å². The molecule has 0 unspecified atom stereocenters. The molecule has 0 saturated heterocycles. The van der Waals surface area contributed by atoms with Crippen molar-refractivity contribution in [3.63, 3.8) is 0 Å². The lowest BCUT2D eigenvalue weighted by atomic mass is 10.2. The molecule has 2 rings (SSSR count). The maximum Gasteiger partial charge on any atom is 0.241 e. The van der Waals surface area contributed by atoms with Crippen molar-refractivity contribution in [1.29, 1.82) is 0 Å². The number of furan rings is 1. The van der Waals surface area contributed by atoms with E-state index < -0.39 is 15.8 Å². The predicted octanol–water partition coefficient (Wildman–Crippen LogP) is 1.21. The van der Waals surface area contributed by atoms with E-state index in [1.165, 1.54) is 18.4 Å². The van der Waals surface area contributed by atoms with Crippen LogP contribution >= 0.6 is 0 Å². The van der Waals surface area contributed by atoms with Crippen molar-refractivity contribution < 1.29 is 17.2 Å². The number of halogens is 1. The smallest absolute Gasteiger partial charge is 0.241 e. The fourth-order valence-corrected chi connectivity index (χ4v) is 2.58. The maximum atomic E-state index is 13.8. The Balaban J connectivity index is 2.18. The Morgan fingerprint density at radius 1 is 1.33 bits per heavy atom. The van der Waals surface area contributed by atoms with Gasteiger partial charge < -0.3 is 10.2 Å². The van der Waals surface area contributed by atoms with Crippen LogP contribution in [0.25, 0.3) is 0 Å². The summed E-state index contributed by atoms with van der Waals surface area (Å²) < 4.78 is 45.2. The Kier molecular flexibility index (Phi) is 4.75. The van der Waals surface area contributed by atoms with Gasteiger partial charge in [0.1, 0.15) is 11.6 Å². The normalized spacial score (nSPS) is 11.0. The van der Waals surface area contributed by atoms with Gasteiger partial charge in [0.05, 0.1) is 29.8 Å². The number of nitrogens with one attached hydrogen (secondary N) is 1. The third-order valence-corrected chi connectivity index (χ3v) is 3.99. The average Bonchev–Trinajstić information content (AvgIpc) is 2.97. The quantitative estimate of drug-likeness (QED) is 0.831. The molecule has 110 valence electrons. The van der Waals surface area contributed by atoms with Crippen LogP contribution in [0.4, 0.5) is 4.39 Å². The molecule has 1 aromatic carbocycles. The molecule has 0 spiro atoms. The van der Waals surface area contributed by atoms with E-state index >= 15 is 0 Å². The van der Waals surface area contributed by atoms with E-state index in [-0.39, 0.29) is 23.5 Å². The Morgan fingerprint density at radius 2 is 2.14 bits per heavy atom. The number of sulfonamides is 1. The Morgan fingerprint density at radius 3 is 2.76 bits per heavy atom. The standard InChI is InChI=1S/C14H13FN2O3S/c15-14-9-13(6-5-11(14)3-1-7-16)21(18,19)17-10-12-4-2-8-20-12/h2,4-6,8-9,17H,7,10,16H2. The van der Waals surface area contributed by atoms with Gasteiger partial charge in [-0.2, -0.15) is 0 Å². The van der Waals surface area contributed by atoms with E-state index in [9.17, 15) is 12.8 Å². The summed E-state index contributed by atoms with van der Waals surface area (Å²) in [5, 5.41) is 0. The summed E-state index contributed by atoms with van der Waals surface area (Å²) in [6.07, 6.45) is 1.44. The molecule has 1 aromatic heterocycles. The SMILES string of the molecule is NCC#Cc1ccc(S(=O)(=O)NCc2ccco2)cc1F. The van der Waals surface area contributed by atoms with E-state index in [0.717, 1.165) is 6.07 Å². The summed E-state index contributed by atoms with van der Waals surface area (Å²) in [5.41, 5.74) is 5.30. The van der Waals surface area contributed by atoms with Crippen LogP contribution in [0.2, 0.25) is 0 Å². The minimum atomic E-state index is -3.82. The van der Waals surface area contributed by atoms with Crippen LogP contribution in [0.3, 0.4) is 0 Å². The summed E-state index contributed by atoms with van der Waals surface area (Å²) >= 11 is 0. The molecule has 0 bridgehead atoms. The second-order valence-corrected chi connectivity index (χ2v) is 5.82. The number of hydrogen-bond donors (Lipinski definition) is 2. The molecular weight excluding hydrogens is 295 g/mol. The van der Waals surface area contributed by atoms with Gasteiger partial charge in [-0.25, -0.2) is 17.5 Å². The van der Waals surface area contributed by atoms with Crippen LogP contribution in [0, 0.1) is 17.7 Å². The summed E-state index contributed by atoms with van der Waals surface area (Å²) in [5.74, 6) is 4.78. The fraction of sp³-hybridized carbons (Fsp3) is 0.143. The van der Waals surface area contributed by atoms with Crippen molar-refractivity contribution in [1.82, 2.24) is 4.72 Å². The highest BCUT2D eigenvalue weighted by atomic mass is 32.2. The van der Waals surface area contributed by atoms with Crippen LogP contribution in [0.15, 0.2) is 45.9 Å². The largest absolute Gasteiger partial charge is 0.468 e. The van der Waals surface area contributed by atoms with Gasteiger partial charge in [-0.1, -0.05) is 11.8 Å². The molecule has 0 aliphatic rings. The summed E-state index contributed by atoms with van der Waals surface area (Å²) in [4.78, 5) is -0.176. The molecule has 3 N–H and O–H groups in total. The van der Waals surface area contributed by atoms with Crippen LogP contribution < -0.4 is 10.5 Å². The Bertz CT molecular complexity index is 774. The van der Waals surface area contributed by atoms with Crippen molar-refractivity contribution in [2.45, 2.75) is 11.4 Å². The molecule has 2 aromatic rings. The van der Waals surface area contributed by atoms with Crippen molar-refractivity contribution in [2.24, 2.45) is 5.73 Å². The lowest BCUT2D eigenvalue weighted by Crippen LogP contribution is -2.23. The molecule has 7 heteroatoms. The summed E-state index contributed by atoms with van der Waals surface area (Å²) in [6, 6.07) is 6.79. The first-order chi connectivity index (χ1) is 10.0. The zero-order valence-electron chi connectivity index (χ0n) is 11.0. The van der Waals surface area contributed by atoms with E-state index in [2.05, 4.69) is 16.6 Å². The van der Waals surface area contributed by atoms with Crippen molar-refractivity contribution in [3.05, 3.63) is 53.7 Å². The first-order valence-electron chi connectivity index (χ1n) is 6.03. The van der Waals surface area contributed by atoms with E-state index in [4.69, 9.17) is 10.2 Å².